The average Bonchev–Trinajstić information content (AvgIpc) is 2.90. The zero-order valence-electron chi connectivity index (χ0n) is 16.4. The summed E-state index contributed by atoms with van der Waals surface area (Å²) in [5.41, 5.74) is -1.48. The number of carbonyl (C=O) groups excluding carboxylic acids is 1. The van der Waals surface area contributed by atoms with Gasteiger partial charge in [-0.3, -0.25) is 0 Å². The third-order valence-corrected chi connectivity index (χ3v) is 5.28. The molecule has 0 saturated carbocycles. The van der Waals surface area contributed by atoms with Crippen LogP contribution in [0.5, 0.6) is 11.5 Å². The Balaban J connectivity index is 1.72. The minimum absolute atomic E-state index is 0.0314. The molecule has 4 atom stereocenters. The lowest BCUT2D eigenvalue weighted by atomic mass is 10.00. The van der Waals surface area contributed by atoms with E-state index in [1.54, 1.807) is 11.8 Å². The van der Waals surface area contributed by atoms with Gasteiger partial charge in [-0.25, -0.2) is 4.79 Å². The van der Waals surface area contributed by atoms with Gasteiger partial charge in [0.1, 0.15) is 6.10 Å². The molecule has 5 nitrogen and oxygen atoms in total. The molecule has 2 fully saturated rings. The quantitative estimate of drug-likeness (QED) is 0.546. The Morgan fingerprint density at radius 2 is 1.90 bits per heavy atom. The zero-order chi connectivity index (χ0) is 21.2. The average molecular weight is 436 g/mol. The standard InChI is InChI=1S/C20H25ClF3NO4/c1-3-8-27-18-9-13(20(22,23)24)4-7-17(18)29-16-10-14-5-6-15(11-16)25(14)19(26)28-12(2)21/h4,7,9,12,14-16H,3,5-6,8,10-11H2,1-2H3/t12?,14-,15+,16+. The summed E-state index contributed by atoms with van der Waals surface area (Å²) in [6.45, 7) is 3.76. The normalized spacial score (nSPS) is 24.9. The second-order valence-electron chi connectivity index (χ2n) is 7.44. The minimum atomic E-state index is -4.45. The smallest absolute Gasteiger partial charge is 0.416 e. The van der Waals surface area contributed by atoms with Crippen LogP contribution in [0.15, 0.2) is 18.2 Å². The highest BCUT2D eigenvalue weighted by atomic mass is 35.5. The van der Waals surface area contributed by atoms with E-state index in [9.17, 15) is 18.0 Å². The molecule has 3 rings (SSSR count). The number of hydrogen-bond donors (Lipinski definition) is 0. The predicted octanol–water partition coefficient (Wildman–Crippen LogP) is 5.59. The van der Waals surface area contributed by atoms with Crippen molar-refractivity contribution < 1.29 is 32.2 Å². The summed E-state index contributed by atoms with van der Waals surface area (Å²) in [7, 11) is 0. The molecule has 1 aromatic carbocycles. The number of benzene rings is 1. The topological polar surface area (TPSA) is 48.0 Å². The Morgan fingerprint density at radius 3 is 2.45 bits per heavy atom. The number of hydrogen-bond acceptors (Lipinski definition) is 4. The fraction of sp³-hybridized carbons (Fsp3) is 0.650. The predicted molar refractivity (Wildman–Crippen MR) is 101 cm³/mol. The minimum Gasteiger partial charge on any atom is -0.490 e. The molecule has 1 aromatic rings. The summed E-state index contributed by atoms with van der Waals surface area (Å²) >= 11 is 5.76. The van der Waals surface area contributed by atoms with Crippen molar-refractivity contribution in [3.63, 3.8) is 0 Å². The summed E-state index contributed by atoms with van der Waals surface area (Å²) < 4.78 is 55.8. The molecule has 0 aliphatic carbocycles. The van der Waals surface area contributed by atoms with Crippen LogP contribution in [0.2, 0.25) is 0 Å². The van der Waals surface area contributed by atoms with Gasteiger partial charge < -0.3 is 19.1 Å². The number of amides is 1. The summed E-state index contributed by atoms with van der Waals surface area (Å²) in [6.07, 6.45) is -1.60. The number of ether oxygens (including phenoxy) is 3. The summed E-state index contributed by atoms with van der Waals surface area (Å²) in [4.78, 5) is 14.0. The third kappa shape index (κ3) is 5.21. The summed E-state index contributed by atoms with van der Waals surface area (Å²) in [5.74, 6) is 0.382. The molecule has 2 heterocycles. The van der Waals surface area contributed by atoms with E-state index in [-0.39, 0.29) is 23.9 Å². The van der Waals surface area contributed by atoms with E-state index < -0.39 is 23.4 Å². The van der Waals surface area contributed by atoms with Crippen molar-refractivity contribution in [1.82, 2.24) is 4.90 Å². The van der Waals surface area contributed by atoms with Gasteiger partial charge in [-0.15, -0.1) is 0 Å². The Labute approximate surface area is 173 Å². The maximum atomic E-state index is 13.0. The van der Waals surface area contributed by atoms with Crippen molar-refractivity contribution in [1.29, 1.82) is 0 Å². The van der Waals surface area contributed by atoms with E-state index in [2.05, 4.69) is 0 Å². The van der Waals surface area contributed by atoms with Gasteiger partial charge in [0.25, 0.3) is 0 Å². The van der Waals surface area contributed by atoms with Crippen LogP contribution in [0.25, 0.3) is 0 Å². The Kier molecular flexibility index (Phi) is 6.71. The van der Waals surface area contributed by atoms with Gasteiger partial charge in [-0.05, 0) is 44.4 Å². The first-order valence-corrected chi connectivity index (χ1v) is 10.3. The highest BCUT2D eigenvalue weighted by Gasteiger charge is 2.45. The van der Waals surface area contributed by atoms with E-state index in [1.807, 2.05) is 6.92 Å². The molecule has 1 unspecified atom stereocenters. The molecule has 2 saturated heterocycles. The van der Waals surface area contributed by atoms with Gasteiger partial charge in [-0.2, -0.15) is 13.2 Å². The first-order valence-electron chi connectivity index (χ1n) is 9.82. The SMILES string of the molecule is CCCOc1cc(C(F)(F)F)ccc1O[C@H]1C[C@H]2CC[C@@H](C1)N2C(=O)OC(C)Cl. The van der Waals surface area contributed by atoms with Gasteiger partial charge in [0, 0.05) is 24.9 Å². The molecule has 0 aromatic heterocycles. The highest BCUT2D eigenvalue weighted by molar-refractivity contribution is 6.19. The molecule has 0 N–H and O–H groups in total. The molecule has 2 bridgehead atoms. The maximum Gasteiger partial charge on any atom is 0.416 e. The number of halogens is 4. The van der Waals surface area contributed by atoms with Crippen LogP contribution < -0.4 is 9.47 Å². The molecule has 0 spiro atoms. The number of carbonyl (C=O) groups is 1. The molecule has 1 amide bonds. The molecule has 29 heavy (non-hydrogen) atoms. The van der Waals surface area contributed by atoms with Crippen molar-refractivity contribution in [2.45, 2.75) is 75.9 Å². The van der Waals surface area contributed by atoms with Crippen LogP contribution in [0, 0.1) is 0 Å². The van der Waals surface area contributed by atoms with Gasteiger partial charge in [0.05, 0.1) is 12.2 Å². The van der Waals surface area contributed by atoms with E-state index in [0.29, 0.717) is 31.6 Å². The molecular formula is C20H25ClF3NO4. The fourth-order valence-corrected chi connectivity index (χ4v) is 4.08. The second-order valence-corrected chi connectivity index (χ2v) is 8.05. The molecule has 0 radical (unpaired) electrons. The molecule has 162 valence electrons. The zero-order valence-corrected chi connectivity index (χ0v) is 17.1. The van der Waals surface area contributed by atoms with Crippen LogP contribution in [-0.2, 0) is 10.9 Å². The lowest BCUT2D eigenvalue weighted by Gasteiger charge is -2.38. The number of piperidine rings is 1. The molecule has 2 aliphatic rings. The van der Waals surface area contributed by atoms with Gasteiger partial charge >= 0.3 is 12.3 Å². The van der Waals surface area contributed by atoms with E-state index in [0.717, 1.165) is 25.0 Å². The van der Waals surface area contributed by atoms with E-state index >= 15 is 0 Å². The fourth-order valence-electron chi connectivity index (χ4n) is 4.01. The van der Waals surface area contributed by atoms with Crippen molar-refractivity contribution in [2.75, 3.05) is 6.61 Å². The third-order valence-electron chi connectivity index (χ3n) is 5.19. The van der Waals surface area contributed by atoms with Crippen LogP contribution in [0.1, 0.15) is 51.5 Å². The van der Waals surface area contributed by atoms with Gasteiger partial charge in [0.2, 0.25) is 0 Å². The first kappa shape index (κ1) is 21.9. The molecular weight excluding hydrogens is 411 g/mol. The van der Waals surface area contributed by atoms with Crippen molar-refractivity contribution in [3.05, 3.63) is 23.8 Å². The first-order chi connectivity index (χ1) is 13.7. The van der Waals surface area contributed by atoms with Crippen molar-refractivity contribution >= 4 is 17.7 Å². The van der Waals surface area contributed by atoms with E-state index in [1.165, 1.54) is 6.07 Å². The van der Waals surface area contributed by atoms with Crippen molar-refractivity contribution in [2.24, 2.45) is 0 Å². The second kappa shape index (κ2) is 8.90. The number of rotatable bonds is 6. The lowest BCUT2D eigenvalue weighted by molar-refractivity contribution is -0.137. The largest absolute Gasteiger partial charge is 0.490 e. The lowest BCUT2D eigenvalue weighted by Crippen LogP contribution is -2.49. The Hall–Kier alpha value is -1.83. The number of nitrogens with zero attached hydrogens (tertiary/aromatic N) is 1. The van der Waals surface area contributed by atoms with Crippen LogP contribution in [-0.4, -0.2) is 41.4 Å². The van der Waals surface area contributed by atoms with Crippen LogP contribution in [0.4, 0.5) is 18.0 Å². The molecule has 2 aliphatic heterocycles. The van der Waals surface area contributed by atoms with Gasteiger partial charge in [0.15, 0.2) is 17.1 Å². The Morgan fingerprint density at radius 1 is 1.24 bits per heavy atom. The highest BCUT2D eigenvalue weighted by Crippen LogP contribution is 2.41. The maximum absolute atomic E-state index is 13.0. The monoisotopic (exact) mass is 435 g/mol. The summed E-state index contributed by atoms with van der Waals surface area (Å²) in [5, 5.41) is 0. The summed E-state index contributed by atoms with van der Waals surface area (Å²) in [6, 6.07) is 3.23. The van der Waals surface area contributed by atoms with Crippen LogP contribution >= 0.6 is 11.6 Å². The van der Waals surface area contributed by atoms with Crippen molar-refractivity contribution in [3.8, 4) is 11.5 Å². The Bertz CT molecular complexity index is 714. The number of fused-ring (bicyclic) bond motifs is 2. The van der Waals surface area contributed by atoms with Gasteiger partial charge in [-0.1, -0.05) is 18.5 Å². The van der Waals surface area contributed by atoms with E-state index in [4.69, 9.17) is 25.8 Å². The number of alkyl halides is 4. The molecule has 9 heteroatoms. The van der Waals surface area contributed by atoms with Crippen LogP contribution in [0.3, 0.4) is 0 Å².